The average molecular weight is 323 g/mol. The monoisotopic (exact) mass is 323 g/mol. The van der Waals surface area contributed by atoms with Crippen molar-refractivity contribution in [3.63, 3.8) is 0 Å². The summed E-state index contributed by atoms with van der Waals surface area (Å²) in [4.78, 5) is 12.9. The molecule has 2 aromatic rings. The number of hydrogen-bond donors (Lipinski definition) is 1. The zero-order valence-electron chi connectivity index (χ0n) is 10.5. The lowest BCUT2D eigenvalue weighted by molar-refractivity contribution is -0.274. The quantitative estimate of drug-likeness (QED) is 0.850. The number of nitrogens with one attached hydrogen (secondary N) is 1. The van der Waals surface area contributed by atoms with Crippen LogP contribution in [0.1, 0.15) is 5.69 Å². The Morgan fingerprint density at radius 1 is 0.955 bits per heavy atom. The Balaban J connectivity index is 2.58. The first-order chi connectivity index (χ1) is 10.1. The molecule has 0 spiro atoms. The number of rotatable bonds is 2. The van der Waals surface area contributed by atoms with E-state index in [4.69, 9.17) is 0 Å². The highest BCUT2D eigenvalue weighted by Crippen LogP contribution is 2.35. The molecule has 3 nitrogen and oxygen atoms in total. The zero-order chi connectivity index (χ0) is 16.5. The maximum atomic E-state index is 12.7. The summed E-state index contributed by atoms with van der Waals surface area (Å²) >= 11 is 0. The molecule has 0 saturated heterocycles. The molecule has 1 aromatic heterocycles. The summed E-state index contributed by atoms with van der Waals surface area (Å²) in [6.45, 7) is 0. The SMILES string of the molecule is O=c1cc(-c2ccccc2OC(F)(F)F)cc(C(F)(F)F)[nH]1. The van der Waals surface area contributed by atoms with Gasteiger partial charge in [-0.05, 0) is 17.7 Å². The minimum absolute atomic E-state index is 0.281. The van der Waals surface area contributed by atoms with E-state index in [0.29, 0.717) is 6.07 Å². The van der Waals surface area contributed by atoms with Gasteiger partial charge in [-0.3, -0.25) is 4.79 Å². The largest absolute Gasteiger partial charge is 0.573 e. The second kappa shape index (κ2) is 5.39. The third-order valence-corrected chi connectivity index (χ3v) is 2.57. The summed E-state index contributed by atoms with van der Waals surface area (Å²) in [5, 5.41) is 0. The van der Waals surface area contributed by atoms with E-state index >= 15 is 0 Å². The lowest BCUT2D eigenvalue weighted by Gasteiger charge is -2.14. The van der Waals surface area contributed by atoms with Crippen LogP contribution in [0.5, 0.6) is 5.75 Å². The molecular weight excluding hydrogens is 316 g/mol. The van der Waals surface area contributed by atoms with Crippen LogP contribution in [0, 0.1) is 0 Å². The summed E-state index contributed by atoms with van der Waals surface area (Å²) in [7, 11) is 0. The molecule has 1 N–H and O–H groups in total. The van der Waals surface area contributed by atoms with E-state index in [9.17, 15) is 31.1 Å². The van der Waals surface area contributed by atoms with Gasteiger partial charge in [0.2, 0.25) is 5.56 Å². The van der Waals surface area contributed by atoms with Crippen molar-refractivity contribution < 1.29 is 31.1 Å². The van der Waals surface area contributed by atoms with E-state index in [1.165, 1.54) is 12.1 Å². The summed E-state index contributed by atoms with van der Waals surface area (Å²) in [6.07, 6.45) is -9.85. The fraction of sp³-hybridized carbons (Fsp3) is 0.154. The molecule has 2 rings (SSSR count). The van der Waals surface area contributed by atoms with Gasteiger partial charge in [0.1, 0.15) is 11.4 Å². The third-order valence-electron chi connectivity index (χ3n) is 2.57. The van der Waals surface area contributed by atoms with Gasteiger partial charge in [-0.15, -0.1) is 13.2 Å². The number of aromatic amines is 1. The zero-order valence-corrected chi connectivity index (χ0v) is 10.5. The van der Waals surface area contributed by atoms with E-state index < -0.39 is 29.5 Å². The second-order valence-electron chi connectivity index (χ2n) is 4.19. The van der Waals surface area contributed by atoms with Gasteiger partial charge >= 0.3 is 12.5 Å². The molecule has 0 aliphatic heterocycles. The molecule has 0 unspecified atom stereocenters. The van der Waals surface area contributed by atoms with E-state index in [0.717, 1.165) is 18.2 Å². The van der Waals surface area contributed by atoms with Gasteiger partial charge in [0, 0.05) is 11.6 Å². The molecule has 1 aromatic carbocycles. The summed E-state index contributed by atoms with van der Waals surface area (Å²) < 4.78 is 78.7. The Bertz CT molecular complexity index is 732. The van der Waals surface area contributed by atoms with E-state index in [1.807, 2.05) is 0 Å². The van der Waals surface area contributed by atoms with Crippen LogP contribution in [0.15, 0.2) is 41.2 Å². The van der Waals surface area contributed by atoms with Gasteiger partial charge in [-0.2, -0.15) is 13.2 Å². The third kappa shape index (κ3) is 3.80. The van der Waals surface area contributed by atoms with Crippen molar-refractivity contribution in [2.45, 2.75) is 12.5 Å². The highest BCUT2D eigenvalue weighted by molar-refractivity contribution is 5.70. The van der Waals surface area contributed by atoms with Gasteiger partial charge in [0.25, 0.3) is 0 Å². The van der Waals surface area contributed by atoms with Crippen LogP contribution >= 0.6 is 0 Å². The Labute approximate surface area is 119 Å². The number of H-pyrrole nitrogens is 1. The predicted molar refractivity (Wildman–Crippen MR) is 64.2 cm³/mol. The number of aromatic nitrogens is 1. The minimum atomic E-state index is -5.01. The topological polar surface area (TPSA) is 42.1 Å². The fourth-order valence-corrected chi connectivity index (χ4v) is 1.77. The molecule has 118 valence electrons. The van der Waals surface area contributed by atoms with Crippen molar-refractivity contribution in [1.82, 2.24) is 4.98 Å². The Hall–Kier alpha value is -2.45. The molecule has 9 heteroatoms. The van der Waals surface area contributed by atoms with Crippen LogP contribution in [-0.2, 0) is 6.18 Å². The number of alkyl halides is 6. The van der Waals surface area contributed by atoms with Gasteiger partial charge < -0.3 is 9.72 Å². The number of hydrogen-bond acceptors (Lipinski definition) is 2. The van der Waals surface area contributed by atoms with Crippen molar-refractivity contribution >= 4 is 0 Å². The summed E-state index contributed by atoms with van der Waals surface area (Å²) in [5.41, 5.74) is -3.07. The summed E-state index contributed by atoms with van der Waals surface area (Å²) in [6, 6.07) is 5.90. The van der Waals surface area contributed by atoms with E-state index in [1.54, 1.807) is 4.98 Å². The van der Waals surface area contributed by atoms with Crippen molar-refractivity contribution in [3.05, 3.63) is 52.4 Å². The first kappa shape index (κ1) is 15.9. The van der Waals surface area contributed by atoms with Gasteiger partial charge in [0.15, 0.2) is 0 Å². The Morgan fingerprint density at radius 2 is 1.59 bits per heavy atom. The Kier molecular flexibility index (Phi) is 3.90. The first-order valence-corrected chi connectivity index (χ1v) is 5.73. The molecule has 1 heterocycles. The smallest absolute Gasteiger partial charge is 0.405 e. The normalized spacial score (nSPS) is 12.3. The number of ether oxygens (including phenoxy) is 1. The van der Waals surface area contributed by atoms with Crippen molar-refractivity contribution in [3.8, 4) is 16.9 Å². The molecule has 0 radical (unpaired) electrons. The molecular formula is C13H7F6NO2. The fourth-order valence-electron chi connectivity index (χ4n) is 1.77. The highest BCUT2D eigenvalue weighted by Gasteiger charge is 2.34. The number of para-hydroxylation sites is 1. The van der Waals surface area contributed by atoms with Crippen LogP contribution in [0.4, 0.5) is 26.3 Å². The van der Waals surface area contributed by atoms with Crippen LogP contribution in [0.3, 0.4) is 0 Å². The minimum Gasteiger partial charge on any atom is -0.405 e. The van der Waals surface area contributed by atoms with Crippen LogP contribution in [-0.4, -0.2) is 11.3 Å². The molecule has 0 atom stereocenters. The molecule has 22 heavy (non-hydrogen) atoms. The van der Waals surface area contributed by atoms with Crippen molar-refractivity contribution in [2.24, 2.45) is 0 Å². The number of pyridine rings is 1. The second-order valence-corrected chi connectivity index (χ2v) is 4.19. The molecule has 0 aliphatic carbocycles. The number of halogens is 6. The van der Waals surface area contributed by atoms with Crippen LogP contribution in [0.25, 0.3) is 11.1 Å². The highest BCUT2D eigenvalue weighted by atomic mass is 19.4. The van der Waals surface area contributed by atoms with Crippen LogP contribution in [0.2, 0.25) is 0 Å². The summed E-state index contributed by atoms with van der Waals surface area (Å²) in [5.74, 6) is -0.700. The molecule has 0 bridgehead atoms. The maximum absolute atomic E-state index is 12.7. The molecule has 0 saturated carbocycles. The van der Waals surface area contributed by atoms with Crippen molar-refractivity contribution in [2.75, 3.05) is 0 Å². The molecule has 0 aliphatic rings. The molecule has 0 amide bonds. The van der Waals surface area contributed by atoms with E-state index in [2.05, 4.69) is 4.74 Å². The maximum Gasteiger partial charge on any atom is 0.573 e. The van der Waals surface area contributed by atoms with Crippen molar-refractivity contribution in [1.29, 1.82) is 0 Å². The lowest BCUT2D eigenvalue weighted by atomic mass is 10.0. The van der Waals surface area contributed by atoms with Crippen LogP contribution < -0.4 is 10.3 Å². The van der Waals surface area contributed by atoms with Gasteiger partial charge in [-0.1, -0.05) is 18.2 Å². The van der Waals surface area contributed by atoms with E-state index in [-0.39, 0.29) is 11.1 Å². The predicted octanol–water partition coefficient (Wildman–Crippen LogP) is 3.96. The molecule has 0 fully saturated rings. The Morgan fingerprint density at radius 3 is 2.18 bits per heavy atom. The standard InChI is InChI=1S/C13H7F6NO2/c14-12(15,16)10-5-7(6-11(21)20-10)8-3-1-2-4-9(8)22-13(17,18)19/h1-6H,(H,20,21). The first-order valence-electron chi connectivity index (χ1n) is 5.73. The average Bonchev–Trinajstić information content (AvgIpc) is 2.35. The number of benzene rings is 1. The lowest BCUT2D eigenvalue weighted by Crippen LogP contribution is -2.18. The van der Waals surface area contributed by atoms with Gasteiger partial charge in [0.05, 0.1) is 0 Å². The van der Waals surface area contributed by atoms with Gasteiger partial charge in [-0.25, -0.2) is 0 Å².